The van der Waals surface area contributed by atoms with Gasteiger partial charge in [-0.15, -0.1) is 0 Å². The second kappa shape index (κ2) is 37.8. The number of aryl methyl sites for hydroxylation is 1. The van der Waals surface area contributed by atoms with Crippen LogP contribution in [0.15, 0.2) is 262 Å². The average molecular weight is 1850 g/mol. The highest BCUT2D eigenvalue weighted by molar-refractivity contribution is 14.1. The zero-order valence-corrected chi connectivity index (χ0v) is 69.8. The van der Waals surface area contributed by atoms with E-state index in [0.717, 1.165) is 69.5 Å². The van der Waals surface area contributed by atoms with E-state index in [1.165, 1.54) is 36.4 Å². The molecule has 0 aliphatic rings. The minimum absolute atomic E-state index is 0.0893. The van der Waals surface area contributed by atoms with Crippen LogP contribution in [-0.4, -0.2) is 71.0 Å². The number of amides is 4. The number of para-hydroxylation sites is 1. The first-order chi connectivity index (χ1) is 54.8. The molecular formula is C82H75ClF9IN6O15S4. The third-order valence-electron chi connectivity index (χ3n) is 16.0. The van der Waals surface area contributed by atoms with Crippen molar-refractivity contribution in [2.75, 3.05) is 14.2 Å². The van der Waals surface area contributed by atoms with Crippen molar-refractivity contribution in [3.8, 4) is 90.5 Å². The maximum atomic E-state index is 13.5. The summed E-state index contributed by atoms with van der Waals surface area (Å²) in [6.45, 7) is 12.3. The summed E-state index contributed by atoms with van der Waals surface area (Å²) >= 11 is 7.36. The number of rotatable bonds is 18. The molecule has 0 radical (unpaired) electrons. The van der Waals surface area contributed by atoms with Crippen LogP contribution in [0.3, 0.4) is 0 Å². The molecule has 0 aliphatic carbocycles. The van der Waals surface area contributed by atoms with Crippen LogP contribution < -0.4 is 54.0 Å². The number of primary sulfonamides is 2. The van der Waals surface area contributed by atoms with Crippen LogP contribution in [0, 0.1) is 10.5 Å². The lowest BCUT2D eigenvalue weighted by atomic mass is 10.0. The first-order valence-electron chi connectivity index (χ1n) is 34.4. The normalized spacial score (nSPS) is 12.0. The van der Waals surface area contributed by atoms with Crippen LogP contribution in [0.4, 0.5) is 49.1 Å². The van der Waals surface area contributed by atoms with Gasteiger partial charge < -0.3 is 34.3 Å². The molecule has 0 bridgehead atoms. The average Bonchev–Trinajstić information content (AvgIpc) is 0.794. The van der Waals surface area contributed by atoms with Gasteiger partial charge in [-0.2, -0.15) is 39.5 Å². The number of hydrogen-bond donors (Lipinski definition) is 6. The summed E-state index contributed by atoms with van der Waals surface area (Å²) in [7, 11) is -14.2. The summed E-state index contributed by atoms with van der Waals surface area (Å²) in [5.41, 5.74) is 2.33. The van der Waals surface area contributed by atoms with Crippen molar-refractivity contribution < 1.29 is 106 Å². The number of nitrogens with two attached hydrogens (primary N) is 2. The van der Waals surface area contributed by atoms with Crippen molar-refractivity contribution in [1.29, 1.82) is 0 Å². The molecule has 11 aromatic carbocycles. The van der Waals surface area contributed by atoms with Gasteiger partial charge in [0, 0.05) is 11.1 Å². The van der Waals surface area contributed by atoms with Gasteiger partial charge in [-0.3, -0.25) is 0 Å². The van der Waals surface area contributed by atoms with E-state index < -0.39 is 108 Å². The van der Waals surface area contributed by atoms with E-state index in [2.05, 4.69) is 15.4 Å². The Labute approximate surface area is 694 Å². The first kappa shape index (κ1) is 92.6. The van der Waals surface area contributed by atoms with E-state index in [1.54, 1.807) is 116 Å². The summed E-state index contributed by atoms with van der Waals surface area (Å²) in [4.78, 5) is 23.0. The van der Waals surface area contributed by atoms with Gasteiger partial charge in [0.1, 0.15) is 65.6 Å². The highest BCUT2D eigenvalue weighted by atomic mass is 127. The lowest BCUT2D eigenvalue weighted by molar-refractivity contribution is -0.138. The fourth-order valence-corrected chi connectivity index (χ4v) is 14.9. The van der Waals surface area contributed by atoms with Crippen LogP contribution in [0.25, 0.3) is 44.5 Å². The van der Waals surface area contributed by atoms with Gasteiger partial charge in [-0.25, -0.2) is 63.0 Å². The molecule has 0 unspecified atom stereocenters. The van der Waals surface area contributed by atoms with Crippen LogP contribution >= 0.6 is 34.2 Å². The topological polar surface area (TPSA) is 317 Å². The number of hydrogen-bond acceptors (Lipinski definition) is 15. The van der Waals surface area contributed by atoms with E-state index in [1.807, 2.05) is 131 Å². The van der Waals surface area contributed by atoms with Crippen molar-refractivity contribution >= 4 is 86.3 Å². The Hall–Kier alpha value is -10.9. The van der Waals surface area contributed by atoms with Gasteiger partial charge in [0.2, 0.25) is 20.0 Å². The molecule has 118 heavy (non-hydrogen) atoms. The van der Waals surface area contributed by atoms with E-state index >= 15 is 0 Å². The van der Waals surface area contributed by atoms with Crippen molar-refractivity contribution in [1.82, 2.24) is 20.1 Å². The molecular weight excluding hydrogens is 1770 g/mol. The zero-order chi connectivity index (χ0) is 87.3. The van der Waals surface area contributed by atoms with Crippen molar-refractivity contribution in [3.63, 3.8) is 0 Å². The van der Waals surface area contributed by atoms with Crippen molar-refractivity contribution in [2.45, 2.75) is 97.7 Å². The number of ether oxygens (including phenoxy) is 5. The van der Waals surface area contributed by atoms with Crippen LogP contribution in [0.1, 0.15) is 63.8 Å². The Morgan fingerprint density at radius 3 is 1.06 bits per heavy atom. The fraction of sp³-hybridized carbons (Fsp3) is 0.171. The molecule has 0 aromatic heterocycles. The molecule has 11 rings (SSSR count). The third kappa shape index (κ3) is 26.8. The van der Waals surface area contributed by atoms with E-state index in [0.29, 0.717) is 61.5 Å². The van der Waals surface area contributed by atoms with Crippen molar-refractivity contribution in [3.05, 3.63) is 274 Å². The van der Waals surface area contributed by atoms with Gasteiger partial charge in [0.25, 0.3) is 20.0 Å². The van der Waals surface area contributed by atoms with Crippen LogP contribution in [0.5, 0.6) is 46.0 Å². The zero-order valence-electron chi connectivity index (χ0n) is 63.7. The predicted molar refractivity (Wildman–Crippen MR) is 438 cm³/mol. The summed E-state index contributed by atoms with van der Waals surface area (Å²) in [5.74, 6) is 2.26. The second-order valence-electron chi connectivity index (χ2n) is 27.5. The first-order valence-corrected chi connectivity index (χ1v) is 41.9. The Morgan fingerprint density at radius 1 is 0.356 bits per heavy atom. The molecule has 0 saturated heterocycles. The Kier molecular flexibility index (Phi) is 29.6. The number of benzene rings is 11. The van der Waals surface area contributed by atoms with Crippen molar-refractivity contribution in [2.24, 2.45) is 10.3 Å². The molecule has 624 valence electrons. The molecule has 0 saturated carbocycles. The number of methoxy groups -OCH3 is 2. The number of sulfonamides is 4. The highest BCUT2D eigenvalue weighted by Gasteiger charge is 2.35. The molecule has 0 fully saturated rings. The van der Waals surface area contributed by atoms with E-state index in [9.17, 15) is 82.8 Å². The smallest absolute Gasteiger partial charge is 0.416 e. The highest BCUT2D eigenvalue weighted by Crippen LogP contribution is 2.41. The lowest BCUT2D eigenvalue weighted by Gasteiger charge is -2.21. The Morgan fingerprint density at radius 2 is 0.686 bits per heavy atom. The molecule has 11 aromatic rings. The lowest BCUT2D eigenvalue weighted by Crippen LogP contribution is -2.48. The SMILES string of the molecule is COc1ccc(-c2cccc(Oc3ccc(-c4ccc(C(F)(F)F)cc4)cc3S(=O)(=O)NC(=O)NC(C)(C)C)c2)cc1.COc1ccc(-c2cccc(Oc3ccc(-c4ccc(C)cc4)cc3S(=O)(=O)NC(=O)NC(C)(C)C)c2)cc1.NS(=O)(=O)c1cc(C(F)(F)F)ccc1Cl.NS(=O)(=O)c1cc(C(F)(F)F)ccc1Oc1ccccc1I. The molecule has 0 spiro atoms. The maximum absolute atomic E-state index is 13.5. The number of alkyl halides is 9. The number of carbonyl (C=O) groups is 2. The van der Waals surface area contributed by atoms with E-state index in [-0.39, 0.29) is 32.1 Å². The van der Waals surface area contributed by atoms with E-state index in [4.69, 9.17) is 45.6 Å². The predicted octanol–water partition coefficient (Wildman–Crippen LogP) is 20.3. The number of halogens is 11. The molecule has 4 amide bonds. The third-order valence-corrected chi connectivity index (χ3v) is 21.9. The Bertz CT molecular complexity index is 5930. The number of carbonyl (C=O) groups excluding carboxylic acids is 2. The van der Waals surface area contributed by atoms with Gasteiger partial charge in [-0.05, 0) is 249 Å². The Balaban J connectivity index is 0.000000210. The second-order valence-corrected chi connectivity index (χ2v) is 35.5. The van der Waals surface area contributed by atoms with Gasteiger partial charge in [-0.1, -0.05) is 126 Å². The minimum atomic E-state index is -4.68. The molecule has 36 heteroatoms. The molecule has 8 N–H and O–H groups in total. The molecule has 0 atom stereocenters. The molecule has 21 nitrogen and oxygen atoms in total. The molecule has 0 heterocycles. The summed E-state index contributed by atoms with van der Waals surface area (Å²) in [6.07, 6.45) is -13.8. The molecule has 0 aliphatic heterocycles. The standard InChI is InChI=1S/C31H29F3N2O5S.C31H32N2O5S.C13H9F3INO3S.C7H5ClF3NO2S/c1-30(2,3)35-29(37)36-42(38,39)28-19-23(20-8-13-24(14-9-20)31(32,33)34)12-17-27(28)41-26-7-5-6-22(18-26)21-10-15-25(40-4)16-11-21;1-21-9-11-22(12-10-21)25-15-18-28(29(20-25)39(35,36)33-30(34)32-31(2,3)4)38-27-8-6-7-24(19-27)23-13-16-26(37-5)17-14-23;14-13(15,16)8-5-6-11(12(7-8)22(18,19)20)21-10-4-2-1-3-9(10)17;8-5-2-1-4(7(9,10)11)3-6(5)15(12,13)14/h5-19H,1-4H3,(H2,35,36,37);6-20H,1-5H3,(H2,32,33,34);1-7H,(H2,18,19,20);1-3H,(H2,12,13,14). The fourth-order valence-electron chi connectivity index (χ4n) is 10.5. The van der Waals surface area contributed by atoms with Crippen LogP contribution in [-0.2, 0) is 58.6 Å². The van der Waals surface area contributed by atoms with Gasteiger partial charge in [0.05, 0.1) is 39.5 Å². The van der Waals surface area contributed by atoms with Gasteiger partial charge in [0.15, 0.2) is 0 Å². The van der Waals surface area contributed by atoms with Gasteiger partial charge >= 0.3 is 30.6 Å². The maximum Gasteiger partial charge on any atom is 0.416 e. The summed E-state index contributed by atoms with van der Waals surface area (Å²) in [6, 6.07) is 59.3. The monoisotopic (exact) mass is 1840 g/mol. The largest absolute Gasteiger partial charge is 0.497 e. The van der Waals surface area contributed by atoms with Crippen LogP contribution in [0.2, 0.25) is 5.02 Å². The minimum Gasteiger partial charge on any atom is -0.497 e. The quantitative estimate of drug-likeness (QED) is 0.0344. The number of nitrogens with one attached hydrogen (secondary N) is 4. The summed E-state index contributed by atoms with van der Waals surface area (Å²) < 4.78 is 245. The summed E-state index contributed by atoms with van der Waals surface area (Å²) in [5, 5.41) is 14.5. The number of urea groups is 2.